The van der Waals surface area contributed by atoms with Crippen molar-refractivity contribution >= 4 is 0 Å². The molecule has 0 unspecified atom stereocenters. The second-order valence-corrected chi connectivity index (χ2v) is 6.80. The van der Waals surface area contributed by atoms with E-state index >= 15 is 0 Å². The molecule has 0 aromatic heterocycles. The summed E-state index contributed by atoms with van der Waals surface area (Å²) in [5, 5.41) is 3.64. The molecule has 3 rings (SSSR count). The van der Waals surface area contributed by atoms with E-state index in [2.05, 4.69) is 42.3 Å². The van der Waals surface area contributed by atoms with Gasteiger partial charge in [0.2, 0.25) is 0 Å². The van der Waals surface area contributed by atoms with Crippen LogP contribution < -0.4 is 5.32 Å². The molecule has 1 aromatic rings. The molecule has 1 spiro atoms. The third-order valence-electron chi connectivity index (χ3n) is 5.41. The SMILES string of the molecule is Cc1ccc(CN2CCNCC23CCCCC3)cc1C. The van der Waals surface area contributed by atoms with Crippen LogP contribution in [0, 0.1) is 13.8 Å². The molecule has 20 heavy (non-hydrogen) atoms. The molecule has 2 nitrogen and oxygen atoms in total. The Balaban J connectivity index is 1.77. The monoisotopic (exact) mass is 272 g/mol. The molecule has 0 atom stereocenters. The van der Waals surface area contributed by atoms with Gasteiger partial charge < -0.3 is 5.32 Å². The molecule has 1 saturated heterocycles. The summed E-state index contributed by atoms with van der Waals surface area (Å²) in [6.45, 7) is 9.10. The van der Waals surface area contributed by atoms with E-state index in [0.717, 1.165) is 13.1 Å². The Bertz CT molecular complexity index is 452. The number of hydrogen-bond acceptors (Lipinski definition) is 2. The van der Waals surface area contributed by atoms with Crippen LogP contribution in [0.3, 0.4) is 0 Å². The van der Waals surface area contributed by atoms with Crippen LogP contribution in [0.25, 0.3) is 0 Å². The number of piperazine rings is 1. The van der Waals surface area contributed by atoms with Crippen LogP contribution in [0.1, 0.15) is 48.8 Å². The Morgan fingerprint density at radius 1 is 1.10 bits per heavy atom. The van der Waals surface area contributed by atoms with Crippen LogP contribution in [0.4, 0.5) is 0 Å². The van der Waals surface area contributed by atoms with Gasteiger partial charge >= 0.3 is 0 Å². The highest BCUT2D eigenvalue weighted by atomic mass is 15.3. The fraction of sp³-hybridized carbons (Fsp3) is 0.667. The summed E-state index contributed by atoms with van der Waals surface area (Å²) < 4.78 is 0. The van der Waals surface area contributed by atoms with Crippen molar-refractivity contribution in [3.05, 3.63) is 34.9 Å². The molecule has 0 bridgehead atoms. The van der Waals surface area contributed by atoms with E-state index in [1.54, 1.807) is 0 Å². The normalized spacial score (nSPS) is 23.1. The average Bonchev–Trinajstić information content (AvgIpc) is 2.47. The first-order valence-corrected chi connectivity index (χ1v) is 8.22. The molecule has 1 aliphatic heterocycles. The van der Waals surface area contributed by atoms with Crippen molar-refractivity contribution in [1.29, 1.82) is 0 Å². The first kappa shape index (κ1) is 14.1. The van der Waals surface area contributed by atoms with Gasteiger partial charge in [-0.1, -0.05) is 37.5 Å². The van der Waals surface area contributed by atoms with E-state index < -0.39 is 0 Å². The van der Waals surface area contributed by atoms with Crippen molar-refractivity contribution < 1.29 is 0 Å². The minimum Gasteiger partial charge on any atom is -0.314 e. The van der Waals surface area contributed by atoms with Gasteiger partial charge in [-0.25, -0.2) is 0 Å². The first-order chi connectivity index (χ1) is 9.70. The molecule has 1 heterocycles. The van der Waals surface area contributed by atoms with Crippen LogP contribution in [-0.2, 0) is 6.54 Å². The van der Waals surface area contributed by atoms with Crippen LogP contribution in [0.15, 0.2) is 18.2 Å². The number of nitrogens with one attached hydrogen (secondary N) is 1. The van der Waals surface area contributed by atoms with Gasteiger partial charge in [-0.2, -0.15) is 0 Å². The first-order valence-electron chi connectivity index (χ1n) is 8.22. The summed E-state index contributed by atoms with van der Waals surface area (Å²) in [4.78, 5) is 2.77. The van der Waals surface area contributed by atoms with Crippen molar-refractivity contribution in [1.82, 2.24) is 10.2 Å². The number of rotatable bonds is 2. The summed E-state index contributed by atoms with van der Waals surface area (Å²) in [5.74, 6) is 0. The molecule has 1 aromatic carbocycles. The topological polar surface area (TPSA) is 15.3 Å². The molecule has 2 aliphatic rings. The lowest BCUT2D eigenvalue weighted by Crippen LogP contribution is -2.61. The lowest BCUT2D eigenvalue weighted by atomic mass is 9.79. The molecule has 0 amide bonds. The van der Waals surface area contributed by atoms with Crippen molar-refractivity contribution in [2.24, 2.45) is 0 Å². The van der Waals surface area contributed by atoms with Crippen molar-refractivity contribution in [3.63, 3.8) is 0 Å². The molecule has 1 saturated carbocycles. The predicted molar refractivity (Wildman–Crippen MR) is 85.0 cm³/mol. The third kappa shape index (κ3) is 2.77. The van der Waals surface area contributed by atoms with Gasteiger partial charge in [-0.05, 0) is 43.4 Å². The second-order valence-electron chi connectivity index (χ2n) is 6.80. The Hall–Kier alpha value is -0.860. The number of benzene rings is 1. The van der Waals surface area contributed by atoms with E-state index in [0.29, 0.717) is 5.54 Å². The number of nitrogens with zero attached hydrogens (tertiary/aromatic N) is 1. The quantitative estimate of drug-likeness (QED) is 0.887. The highest BCUT2D eigenvalue weighted by Crippen LogP contribution is 2.35. The summed E-state index contributed by atoms with van der Waals surface area (Å²) in [6.07, 6.45) is 7.01. The van der Waals surface area contributed by atoms with Crippen LogP contribution in [0.2, 0.25) is 0 Å². The largest absolute Gasteiger partial charge is 0.314 e. The third-order valence-corrected chi connectivity index (χ3v) is 5.41. The van der Waals surface area contributed by atoms with E-state index in [4.69, 9.17) is 0 Å². The van der Waals surface area contributed by atoms with Gasteiger partial charge in [0.1, 0.15) is 0 Å². The Morgan fingerprint density at radius 3 is 2.65 bits per heavy atom. The molecule has 2 fully saturated rings. The summed E-state index contributed by atoms with van der Waals surface area (Å²) >= 11 is 0. The molecule has 1 aliphatic carbocycles. The van der Waals surface area contributed by atoms with Gasteiger partial charge in [-0.15, -0.1) is 0 Å². The van der Waals surface area contributed by atoms with Crippen LogP contribution >= 0.6 is 0 Å². The van der Waals surface area contributed by atoms with Crippen molar-refractivity contribution in [2.45, 2.75) is 58.0 Å². The van der Waals surface area contributed by atoms with Gasteiger partial charge in [-0.3, -0.25) is 4.90 Å². The standard InChI is InChI=1S/C18H28N2/c1-15-6-7-17(12-16(15)2)13-20-11-10-19-14-18(20)8-4-3-5-9-18/h6-7,12,19H,3-5,8-11,13-14H2,1-2H3. The van der Waals surface area contributed by atoms with Crippen LogP contribution in [0.5, 0.6) is 0 Å². The lowest BCUT2D eigenvalue weighted by Gasteiger charge is -2.50. The van der Waals surface area contributed by atoms with E-state index in [-0.39, 0.29) is 0 Å². The maximum atomic E-state index is 3.64. The molecule has 110 valence electrons. The molecule has 1 N–H and O–H groups in total. The van der Waals surface area contributed by atoms with E-state index in [1.807, 2.05) is 0 Å². The smallest absolute Gasteiger partial charge is 0.0338 e. The number of aryl methyl sites for hydroxylation is 2. The van der Waals surface area contributed by atoms with E-state index in [9.17, 15) is 0 Å². The zero-order chi connectivity index (χ0) is 14.0. The minimum atomic E-state index is 0.440. The Kier molecular flexibility index (Phi) is 4.13. The van der Waals surface area contributed by atoms with Gasteiger partial charge in [0.05, 0.1) is 0 Å². The molecular weight excluding hydrogens is 244 g/mol. The minimum absolute atomic E-state index is 0.440. The Labute approximate surface area is 123 Å². The summed E-state index contributed by atoms with van der Waals surface area (Å²) in [5.41, 5.74) is 4.76. The van der Waals surface area contributed by atoms with Crippen LogP contribution in [-0.4, -0.2) is 30.1 Å². The number of hydrogen-bond donors (Lipinski definition) is 1. The Morgan fingerprint density at radius 2 is 1.90 bits per heavy atom. The maximum absolute atomic E-state index is 3.64. The highest BCUT2D eigenvalue weighted by molar-refractivity contribution is 5.30. The second kappa shape index (κ2) is 5.87. The predicted octanol–water partition coefficient (Wildman–Crippen LogP) is 3.41. The fourth-order valence-corrected chi connectivity index (χ4v) is 3.96. The van der Waals surface area contributed by atoms with Crippen molar-refractivity contribution in [2.75, 3.05) is 19.6 Å². The maximum Gasteiger partial charge on any atom is 0.0338 e. The summed E-state index contributed by atoms with van der Waals surface area (Å²) in [7, 11) is 0. The fourth-order valence-electron chi connectivity index (χ4n) is 3.96. The summed E-state index contributed by atoms with van der Waals surface area (Å²) in [6, 6.07) is 6.98. The zero-order valence-corrected chi connectivity index (χ0v) is 13.0. The van der Waals surface area contributed by atoms with E-state index in [1.165, 1.54) is 61.9 Å². The van der Waals surface area contributed by atoms with Gasteiger partial charge in [0, 0.05) is 31.7 Å². The van der Waals surface area contributed by atoms with Crippen molar-refractivity contribution in [3.8, 4) is 0 Å². The zero-order valence-electron chi connectivity index (χ0n) is 13.0. The molecule has 0 radical (unpaired) electrons. The van der Waals surface area contributed by atoms with Gasteiger partial charge in [0.15, 0.2) is 0 Å². The lowest BCUT2D eigenvalue weighted by molar-refractivity contribution is 0.0209. The van der Waals surface area contributed by atoms with Gasteiger partial charge in [0.25, 0.3) is 0 Å². The molecular formula is C18H28N2. The highest BCUT2D eigenvalue weighted by Gasteiger charge is 2.39. The molecule has 2 heteroatoms. The average molecular weight is 272 g/mol.